The number of carbonyl (C=O) groups is 2. The number of Topliss-reactive ketones (excluding diaryl/α,β-unsaturated/α-hetero) is 1. The third kappa shape index (κ3) is 5.54. The second kappa shape index (κ2) is 10.9. The van der Waals surface area contributed by atoms with Crippen molar-refractivity contribution in [3.63, 3.8) is 0 Å². The summed E-state index contributed by atoms with van der Waals surface area (Å²) >= 11 is 0. The first-order valence-electron chi connectivity index (χ1n) is 12.2. The van der Waals surface area contributed by atoms with Crippen molar-refractivity contribution < 1.29 is 23.1 Å². The van der Waals surface area contributed by atoms with Crippen LogP contribution in [0.3, 0.4) is 0 Å². The van der Waals surface area contributed by atoms with E-state index in [1.165, 1.54) is 12.1 Å². The minimum Gasteiger partial charge on any atom is -0.480 e. The number of aliphatic imine (C=N–C) groups is 1. The highest BCUT2D eigenvalue weighted by Crippen LogP contribution is 2.35. The first-order chi connectivity index (χ1) is 18.0. The molecule has 0 aliphatic carbocycles. The number of nitrogens with zero attached hydrogens (tertiary/aromatic N) is 1. The maximum Gasteiger partial charge on any atom is 0.318 e. The number of nitrogens with two attached hydrogens (primary N) is 2. The van der Waals surface area contributed by atoms with Crippen molar-refractivity contribution >= 4 is 44.2 Å². The van der Waals surface area contributed by atoms with Gasteiger partial charge in [-0.15, -0.1) is 0 Å². The predicted octanol–water partition coefficient (Wildman–Crippen LogP) is 2.05. The fourth-order valence-electron chi connectivity index (χ4n) is 5.04. The second-order valence-electron chi connectivity index (χ2n) is 9.51. The van der Waals surface area contributed by atoms with Gasteiger partial charge in [0.25, 0.3) is 0 Å². The van der Waals surface area contributed by atoms with Gasteiger partial charge in [0.2, 0.25) is 10.0 Å². The fourth-order valence-corrected chi connectivity index (χ4v) is 6.27. The molecule has 3 aromatic rings. The van der Waals surface area contributed by atoms with Crippen LogP contribution >= 0.6 is 0 Å². The number of carboxylic acid groups (broad SMARTS) is 1. The molecule has 1 heterocycles. The number of nitrogens with one attached hydrogen (secondary N) is 2. The summed E-state index contributed by atoms with van der Waals surface area (Å²) in [5.74, 6) is -2.15. The summed E-state index contributed by atoms with van der Waals surface area (Å²) in [5, 5.41) is 14.9. The normalized spacial score (nSPS) is 20.5. The van der Waals surface area contributed by atoms with Gasteiger partial charge in [0.05, 0.1) is 16.6 Å². The maximum atomic E-state index is 14.0. The predicted molar refractivity (Wildman–Crippen MR) is 145 cm³/mol. The van der Waals surface area contributed by atoms with Gasteiger partial charge in [-0.3, -0.25) is 9.59 Å². The van der Waals surface area contributed by atoms with E-state index in [4.69, 9.17) is 11.5 Å². The molecule has 1 aliphatic heterocycles. The van der Waals surface area contributed by atoms with Crippen LogP contribution in [0, 0.1) is 5.41 Å². The Hall–Kier alpha value is -3.80. The van der Waals surface area contributed by atoms with E-state index in [1.807, 2.05) is 12.1 Å². The second-order valence-corrected chi connectivity index (χ2v) is 11.2. The summed E-state index contributed by atoms with van der Waals surface area (Å²) in [6.07, 6.45) is 0.464. The third-order valence-electron chi connectivity index (χ3n) is 7.01. The topological polar surface area (TPSA) is 177 Å². The van der Waals surface area contributed by atoms with Gasteiger partial charge in [-0.1, -0.05) is 42.5 Å². The van der Waals surface area contributed by atoms with Crippen molar-refractivity contribution in [3.05, 3.63) is 72.3 Å². The zero-order valence-corrected chi connectivity index (χ0v) is 21.7. The largest absolute Gasteiger partial charge is 0.480 e. The van der Waals surface area contributed by atoms with E-state index in [1.54, 1.807) is 49.4 Å². The number of rotatable bonds is 9. The van der Waals surface area contributed by atoms with E-state index in [9.17, 15) is 23.1 Å². The van der Waals surface area contributed by atoms with Gasteiger partial charge in [-0.2, -0.15) is 0 Å². The highest BCUT2D eigenvalue weighted by Gasteiger charge is 2.54. The van der Waals surface area contributed by atoms with Crippen molar-refractivity contribution in [2.75, 3.05) is 6.54 Å². The van der Waals surface area contributed by atoms with Crippen LogP contribution in [0.1, 0.15) is 25.3 Å². The Bertz CT molecular complexity index is 1500. The number of benzene rings is 3. The van der Waals surface area contributed by atoms with Crippen molar-refractivity contribution in [2.24, 2.45) is 21.9 Å². The van der Waals surface area contributed by atoms with Crippen LogP contribution in [0.25, 0.3) is 10.8 Å². The molecule has 1 fully saturated rings. The molecule has 10 nitrogen and oxygen atoms in total. The molecule has 2 unspecified atom stereocenters. The number of piperidine rings is 1. The van der Waals surface area contributed by atoms with Crippen LogP contribution in [0.5, 0.6) is 0 Å². The number of aliphatic carboxylic acids is 1. The van der Waals surface area contributed by atoms with Crippen molar-refractivity contribution in [3.8, 4) is 0 Å². The lowest BCUT2D eigenvalue weighted by molar-refractivity contribution is -0.159. The standard InChI is InChI=1S/C27H31N5O5S/c1-17-27(25(34)35,12-5-13-30-17)24(33)23(15-18-6-4-9-21(14-18)31-26(28)29)32-38(36,37)22-11-10-19-7-2-3-8-20(19)16-22/h2-4,6-11,14,16-17,23,30,32H,5,12-13,15H2,1H3,(H,34,35)(H4,28,29,31)/t17?,23-,27?/m0/s1. The molecule has 7 N–H and O–H groups in total. The Morgan fingerprint density at radius 2 is 1.84 bits per heavy atom. The number of guanidine groups is 1. The average molecular weight is 538 g/mol. The summed E-state index contributed by atoms with van der Waals surface area (Å²) in [6.45, 7) is 2.21. The van der Waals surface area contributed by atoms with E-state index in [0.29, 0.717) is 24.2 Å². The zero-order chi connectivity index (χ0) is 27.5. The van der Waals surface area contributed by atoms with Gasteiger partial charge in [-0.05, 0) is 73.3 Å². The average Bonchev–Trinajstić information content (AvgIpc) is 2.87. The number of carbonyl (C=O) groups excluding carboxylic acids is 1. The Morgan fingerprint density at radius 3 is 2.53 bits per heavy atom. The minimum absolute atomic E-state index is 0.0255. The zero-order valence-electron chi connectivity index (χ0n) is 20.9. The molecule has 0 radical (unpaired) electrons. The van der Waals surface area contributed by atoms with Crippen LogP contribution in [0.2, 0.25) is 0 Å². The number of hydrogen-bond acceptors (Lipinski definition) is 6. The Balaban J connectivity index is 1.75. The van der Waals surface area contributed by atoms with Gasteiger partial charge in [0.15, 0.2) is 11.7 Å². The molecular weight excluding hydrogens is 506 g/mol. The molecule has 3 atom stereocenters. The molecule has 1 saturated heterocycles. The molecule has 1 aliphatic rings. The van der Waals surface area contributed by atoms with Crippen LogP contribution in [-0.4, -0.2) is 49.9 Å². The number of carboxylic acids is 1. The molecule has 4 rings (SSSR count). The summed E-state index contributed by atoms with van der Waals surface area (Å²) in [4.78, 5) is 30.6. The molecular formula is C27H31N5O5S. The molecule has 0 saturated carbocycles. The van der Waals surface area contributed by atoms with Crippen LogP contribution in [-0.2, 0) is 26.0 Å². The lowest BCUT2D eigenvalue weighted by Crippen LogP contribution is -2.62. The lowest BCUT2D eigenvalue weighted by Gasteiger charge is -2.40. The Morgan fingerprint density at radius 1 is 1.11 bits per heavy atom. The quantitative estimate of drug-likeness (QED) is 0.156. The monoisotopic (exact) mass is 537 g/mol. The van der Waals surface area contributed by atoms with Gasteiger partial charge in [0, 0.05) is 6.04 Å². The Kier molecular flexibility index (Phi) is 7.81. The Labute approximate surface area is 221 Å². The summed E-state index contributed by atoms with van der Waals surface area (Å²) in [5.41, 5.74) is 10.2. The van der Waals surface area contributed by atoms with Crippen LogP contribution < -0.4 is 21.5 Å². The van der Waals surface area contributed by atoms with Crippen molar-refractivity contribution in [1.82, 2.24) is 10.0 Å². The highest BCUT2D eigenvalue weighted by molar-refractivity contribution is 7.89. The number of ketones is 1. The number of sulfonamides is 1. The van der Waals surface area contributed by atoms with E-state index in [-0.39, 0.29) is 23.7 Å². The van der Waals surface area contributed by atoms with Crippen molar-refractivity contribution in [2.45, 2.75) is 43.2 Å². The summed E-state index contributed by atoms with van der Waals surface area (Å²) in [7, 11) is -4.21. The van der Waals surface area contributed by atoms with Gasteiger partial charge >= 0.3 is 5.97 Å². The van der Waals surface area contributed by atoms with E-state index < -0.39 is 39.3 Å². The highest BCUT2D eigenvalue weighted by atomic mass is 32.2. The molecule has 200 valence electrons. The first-order valence-corrected chi connectivity index (χ1v) is 13.7. The van der Waals surface area contributed by atoms with E-state index in [2.05, 4.69) is 15.0 Å². The van der Waals surface area contributed by atoms with Gasteiger partial charge < -0.3 is 21.9 Å². The first kappa shape index (κ1) is 27.2. The molecule has 3 aromatic carbocycles. The molecule has 38 heavy (non-hydrogen) atoms. The number of hydrogen-bond donors (Lipinski definition) is 5. The van der Waals surface area contributed by atoms with E-state index in [0.717, 1.165) is 10.8 Å². The van der Waals surface area contributed by atoms with Crippen LogP contribution in [0.4, 0.5) is 5.69 Å². The molecule has 0 amide bonds. The summed E-state index contributed by atoms with van der Waals surface area (Å²) in [6, 6.07) is 16.6. The van der Waals surface area contributed by atoms with E-state index >= 15 is 0 Å². The van der Waals surface area contributed by atoms with Gasteiger partial charge in [-0.25, -0.2) is 18.1 Å². The maximum absolute atomic E-state index is 14.0. The number of fused-ring (bicyclic) bond motifs is 1. The molecule has 0 aromatic heterocycles. The van der Waals surface area contributed by atoms with Crippen molar-refractivity contribution in [1.29, 1.82) is 0 Å². The third-order valence-corrected chi connectivity index (χ3v) is 8.48. The van der Waals surface area contributed by atoms with Gasteiger partial charge in [0.1, 0.15) is 5.41 Å². The smallest absolute Gasteiger partial charge is 0.318 e. The molecule has 11 heteroatoms. The SMILES string of the molecule is CC1NCCCC1(C(=O)O)C(=O)[C@H](Cc1cccc(N=C(N)N)c1)NS(=O)(=O)c1ccc2ccccc2c1. The minimum atomic E-state index is -4.21. The fraction of sp³-hybridized carbons (Fsp3) is 0.296. The summed E-state index contributed by atoms with van der Waals surface area (Å²) < 4.78 is 29.6. The lowest BCUT2D eigenvalue weighted by atomic mass is 9.69. The molecule has 0 bridgehead atoms. The van der Waals surface area contributed by atoms with Crippen LogP contribution in [0.15, 0.2) is 76.6 Å². The molecule has 0 spiro atoms.